The number of morpholine rings is 1. The summed E-state index contributed by atoms with van der Waals surface area (Å²) in [6.07, 6.45) is 0.154. The van der Waals surface area contributed by atoms with Crippen LogP contribution in [0.4, 0.5) is 0 Å². The van der Waals surface area contributed by atoms with Crippen LogP contribution in [0.3, 0.4) is 0 Å². The highest BCUT2D eigenvalue weighted by Crippen LogP contribution is 2.36. The van der Waals surface area contributed by atoms with Gasteiger partial charge in [-0.1, -0.05) is 6.07 Å². The van der Waals surface area contributed by atoms with E-state index in [4.69, 9.17) is 14.2 Å². The molecule has 5 heteroatoms. The van der Waals surface area contributed by atoms with E-state index in [1.807, 2.05) is 13.1 Å². The third-order valence-electron chi connectivity index (χ3n) is 3.92. The Labute approximate surface area is 119 Å². The first-order valence-electron chi connectivity index (χ1n) is 7.15. The van der Waals surface area contributed by atoms with Crippen LogP contribution in [0.5, 0.6) is 11.5 Å². The van der Waals surface area contributed by atoms with E-state index in [9.17, 15) is 0 Å². The summed E-state index contributed by atoms with van der Waals surface area (Å²) in [4.78, 5) is 2.34. The normalized spacial score (nSPS) is 26.5. The summed E-state index contributed by atoms with van der Waals surface area (Å²) in [7, 11) is 4.10. The molecular formula is C15H22N2O3. The van der Waals surface area contributed by atoms with E-state index >= 15 is 0 Å². The molecule has 2 aliphatic rings. The molecule has 2 aliphatic heterocycles. The first kappa shape index (κ1) is 13.7. The van der Waals surface area contributed by atoms with Gasteiger partial charge in [0, 0.05) is 13.1 Å². The molecule has 1 aromatic carbocycles. The zero-order valence-corrected chi connectivity index (χ0v) is 12.1. The van der Waals surface area contributed by atoms with Crippen molar-refractivity contribution < 1.29 is 14.2 Å². The third-order valence-corrected chi connectivity index (χ3v) is 3.92. The maximum atomic E-state index is 5.92. The van der Waals surface area contributed by atoms with E-state index in [1.165, 1.54) is 5.56 Å². The van der Waals surface area contributed by atoms with Crippen molar-refractivity contribution in [1.82, 2.24) is 10.2 Å². The molecule has 2 heterocycles. The maximum absolute atomic E-state index is 5.92. The smallest absolute Gasteiger partial charge is 0.161 e. The summed E-state index contributed by atoms with van der Waals surface area (Å²) in [5, 5.41) is 3.21. The topological polar surface area (TPSA) is 43.0 Å². The zero-order valence-electron chi connectivity index (χ0n) is 12.1. The molecule has 2 atom stereocenters. The van der Waals surface area contributed by atoms with Gasteiger partial charge in [0.2, 0.25) is 0 Å². The van der Waals surface area contributed by atoms with Gasteiger partial charge in [-0.25, -0.2) is 0 Å². The molecule has 1 N–H and O–H groups in total. The van der Waals surface area contributed by atoms with Gasteiger partial charge in [0.25, 0.3) is 0 Å². The fourth-order valence-electron chi connectivity index (χ4n) is 2.95. The highest BCUT2D eigenvalue weighted by atomic mass is 16.6. The Morgan fingerprint density at radius 3 is 2.80 bits per heavy atom. The second-order valence-electron chi connectivity index (χ2n) is 5.30. The lowest BCUT2D eigenvalue weighted by atomic mass is 9.97. The van der Waals surface area contributed by atoms with Crippen LogP contribution in [0.2, 0.25) is 0 Å². The van der Waals surface area contributed by atoms with E-state index in [0.29, 0.717) is 13.2 Å². The summed E-state index contributed by atoms with van der Waals surface area (Å²) in [6, 6.07) is 6.45. The Bertz CT molecular complexity index is 464. The summed E-state index contributed by atoms with van der Waals surface area (Å²) in [5.74, 6) is 1.68. The quantitative estimate of drug-likeness (QED) is 0.895. The van der Waals surface area contributed by atoms with Gasteiger partial charge in [0.1, 0.15) is 13.2 Å². The Balaban J connectivity index is 1.88. The number of ether oxygens (including phenoxy) is 3. The number of rotatable bonds is 3. The minimum Gasteiger partial charge on any atom is -0.486 e. The summed E-state index contributed by atoms with van der Waals surface area (Å²) in [5.41, 5.74) is 1.22. The molecule has 0 amide bonds. The van der Waals surface area contributed by atoms with Crippen molar-refractivity contribution in [1.29, 1.82) is 0 Å². The lowest BCUT2D eigenvalue weighted by molar-refractivity contribution is -0.0607. The average molecular weight is 278 g/mol. The Morgan fingerprint density at radius 1 is 1.20 bits per heavy atom. The Morgan fingerprint density at radius 2 is 2.00 bits per heavy atom. The first-order valence-corrected chi connectivity index (χ1v) is 7.15. The fourth-order valence-corrected chi connectivity index (χ4v) is 2.95. The molecule has 1 fully saturated rings. The standard InChI is InChI=1S/C15H22N2O3/c1-16-10-14-15(17(2)5-6-18-14)11-3-4-12-13(9-11)20-8-7-19-12/h3-4,9,14-16H,5-8,10H2,1-2H3. The molecule has 0 radical (unpaired) electrons. The second-order valence-corrected chi connectivity index (χ2v) is 5.30. The minimum absolute atomic E-state index is 0.154. The molecule has 0 bridgehead atoms. The van der Waals surface area contributed by atoms with Gasteiger partial charge in [-0.05, 0) is 31.8 Å². The molecule has 3 rings (SSSR count). The van der Waals surface area contributed by atoms with Gasteiger partial charge in [0.05, 0.1) is 18.8 Å². The van der Waals surface area contributed by atoms with E-state index in [2.05, 4.69) is 29.4 Å². The SMILES string of the molecule is CNCC1OCCN(C)C1c1ccc2c(c1)OCCO2. The number of likely N-dealkylation sites (N-methyl/N-ethyl adjacent to an activating group) is 2. The molecular weight excluding hydrogens is 256 g/mol. The number of hydrogen-bond donors (Lipinski definition) is 1. The highest BCUT2D eigenvalue weighted by molar-refractivity contribution is 5.45. The number of benzene rings is 1. The van der Waals surface area contributed by atoms with Crippen LogP contribution in [0.1, 0.15) is 11.6 Å². The minimum atomic E-state index is 0.154. The maximum Gasteiger partial charge on any atom is 0.161 e. The summed E-state index contributed by atoms with van der Waals surface area (Å²) in [6.45, 7) is 3.81. The van der Waals surface area contributed by atoms with Crippen LogP contribution in [0.15, 0.2) is 18.2 Å². The molecule has 0 aliphatic carbocycles. The molecule has 0 spiro atoms. The molecule has 1 saturated heterocycles. The van der Waals surface area contributed by atoms with Crippen molar-refractivity contribution in [2.75, 3.05) is 47.0 Å². The fraction of sp³-hybridized carbons (Fsp3) is 0.600. The molecule has 2 unspecified atom stereocenters. The van der Waals surface area contributed by atoms with Gasteiger partial charge in [-0.3, -0.25) is 4.90 Å². The van der Waals surface area contributed by atoms with Crippen LogP contribution >= 0.6 is 0 Å². The average Bonchev–Trinajstić information content (AvgIpc) is 2.47. The number of nitrogens with one attached hydrogen (secondary N) is 1. The van der Waals surface area contributed by atoms with Crippen molar-refractivity contribution in [3.8, 4) is 11.5 Å². The number of nitrogens with zero attached hydrogens (tertiary/aromatic N) is 1. The Hall–Kier alpha value is -1.30. The molecule has 110 valence electrons. The van der Waals surface area contributed by atoms with Crippen molar-refractivity contribution in [3.63, 3.8) is 0 Å². The van der Waals surface area contributed by atoms with Gasteiger partial charge in [-0.2, -0.15) is 0 Å². The predicted octanol–water partition coefficient (Wildman–Crippen LogP) is 1.05. The van der Waals surface area contributed by atoms with Crippen molar-refractivity contribution in [2.45, 2.75) is 12.1 Å². The molecule has 20 heavy (non-hydrogen) atoms. The van der Waals surface area contributed by atoms with Crippen LogP contribution in [0.25, 0.3) is 0 Å². The van der Waals surface area contributed by atoms with Gasteiger partial charge >= 0.3 is 0 Å². The third kappa shape index (κ3) is 2.61. The van der Waals surface area contributed by atoms with Gasteiger partial charge in [0.15, 0.2) is 11.5 Å². The molecule has 1 aromatic rings. The second kappa shape index (κ2) is 5.99. The molecule has 0 saturated carbocycles. The number of fused-ring (bicyclic) bond motifs is 1. The van der Waals surface area contributed by atoms with Crippen molar-refractivity contribution >= 4 is 0 Å². The van der Waals surface area contributed by atoms with Crippen LogP contribution in [0, 0.1) is 0 Å². The first-order chi connectivity index (χ1) is 9.79. The zero-order chi connectivity index (χ0) is 13.9. The largest absolute Gasteiger partial charge is 0.486 e. The van der Waals surface area contributed by atoms with Crippen LogP contribution in [-0.4, -0.2) is 58.0 Å². The summed E-state index contributed by atoms with van der Waals surface area (Å²) < 4.78 is 17.2. The summed E-state index contributed by atoms with van der Waals surface area (Å²) >= 11 is 0. The lowest BCUT2D eigenvalue weighted by Gasteiger charge is -2.39. The predicted molar refractivity (Wildman–Crippen MR) is 76.5 cm³/mol. The monoisotopic (exact) mass is 278 g/mol. The van der Waals surface area contributed by atoms with Gasteiger partial charge < -0.3 is 19.5 Å². The van der Waals surface area contributed by atoms with E-state index in [1.54, 1.807) is 0 Å². The molecule has 5 nitrogen and oxygen atoms in total. The van der Waals surface area contributed by atoms with Crippen molar-refractivity contribution in [3.05, 3.63) is 23.8 Å². The van der Waals surface area contributed by atoms with E-state index < -0.39 is 0 Å². The Kier molecular flexibility index (Phi) is 4.10. The van der Waals surface area contributed by atoms with Crippen LogP contribution in [-0.2, 0) is 4.74 Å². The van der Waals surface area contributed by atoms with E-state index in [-0.39, 0.29) is 12.1 Å². The van der Waals surface area contributed by atoms with Crippen molar-refractivity contribution in [2.24, 2.45) is 0 Å². The number of hydrogen-bond acceptors (Lipinski definition) is 5. The van der Waals surface area contributed by atoms with Gasteiger partial charge in [-0.15, -0.1) is 0 Å². The highest BCUT2D eigenvalue weighted by Gasteiger charge is 2.31. The molecule has 0 aromatic heterocycles. The van der Waals surface area contributed by atoms with E-state index in [0.717, 1.165) is 31.2 Å². The lowest BCUT2D eigenvalue weighted by Crippen LogP contribution is -2.47. The van der Waals surface area contributed by atoms with Crippen LogP contribution < -0.4 is 14.8 Å².